The zero-order chi connectivity index (χ0) is 45.0. The second-order valence-corrected chi connectivity index (χ2v) is 20.6. The van der Waals surface area contributed by atoms with Crippen LogP contribution >= 0.6 is 0 Å². The highest BCUT2D eigenvalue weighted by molar-refractivity contribution is 5.96. The van der Waals surface area contributed by atoms with Crippen LogP contribution < -0.4 is 0 Å². The lowest BCUT2D eigenvalue weighted by Crippen LogP contribution is -2.63. The van der Waals surface area contributed by atoms with E-state index in [1.54, 1.807) is 27.9 Å². The first-order valence-electron chi connectivity index (χ1n) is 23.2. The Hall–Kier alpha value is -1.56. The van der Waals surface area contributed by atoms with E-state index in [1.807, 2.05) is 33.8 Å². The fourth-order valence-corrected chi connectivity index (χ4v) is 11.8. The average Bonchev–Trinajstić information content (AvgIpc) is 3.71. The third-order valence-electron chi connectivity index (χ3n) is 15.9. The molecule has 1 unspecified atom stereocenters. The van der Waals surface area contributed by atoms with Crippen LogP contribution in [0.1, 0.15) is 134 Å². The van der Waals surface area contributed by atoms with Crippen molar-refractivity contribution in [3.05, 3.63) is 11.6 Å². The predicted molar refractivity (Wildman–Crippen MR) is 224 cm³/mol. The van der Waals surface area contributed by atoms with Gasteiger partial charge < -0.3 is 58.3 Å². The van der Waals surface area contributed by atoms with Gasteiger partial charge in [-0.2, -0.15) is 0 Å². The molecular weight excluding hydrogens is 789 g/mol. The SMILES string of the molecule is CO[C@H]1CCC(O[C@H]2C[C@H]([C@]3(C)CC[C@]4(C[C@H](O)[C@@H](C)[C@@H]([C@@H](C)C=C(C)C(=O)[C@H](C)C[C@H](C)C(=O)O)O4)O3)O[C@]3(O[C@@H]([C@H]4O[C@@](O)(CO)[C@H](C)C[C@@H]4C)C[C@@H]3C)[C@@H]2C)O[C@@H]1C. The Labute approximate surface area is 363 Å². The highest BCUT2D eigenvalue weighted by Crippen LogP contribution is 2.56. The molecule has 14 nitrogen and oxygen atoms in total. The van der Waals surface area contributed by atoms with Gasteiger partial charge in [-0.05, 0) is 64.4 Å². The van der Waals surface area contributed by atoms with E-state index < -0.39 is 84.2 Å². The molecule has 6 fully saturated rings. The number of ketones is 1. The van der Waals surface area contributed by atoms with Crippen molar-refractivity contribution in [3.8, 4) is 0 Å². The summed E-state index contributed by atoms with van der Waals surface area (Å²) in [4.78, 5) is 24.8. The molecule has 14 heteroatoms. The summed E-state index contributed by atoms with van der Waals surface area (Å²) in [6.45, 7) is 20.9. The largest absolute Gasteiger partial charge is 0.481 e. The molecular formula is C47H78O14. The summed E-state index contributed by atoms with van der Waals surface area (Å²) in [5.74, 6) is -7.01. The van der Waals surface area contributed by atoms with Crippen molar-refractivity contribution in [2.24, 2.45) is 47.3 Å². The summed E-state index contributed by atoms with van der Waals surface area (Å²) in [6, 6.07) is 0. The molecule has 6 aliphatic rings. The second-order valence-electron chi connectivity index (χ2n) is 20.6. The van der Waals surface area contributed by atoms with Crippen molar-refractivity contribution in [2.75, 3.05) is 13.7 Å². The summed E-state index contributed by atoms with van der Waals surface area (Å²) >= 11 is 0. The van der Waals surface area contributed by atoms with Gasteiger partial charge in [0.05, 0.1) is 67.0 Å². The summed E-state index contributed by atoms with van der Waals surface area (Å²) in [5, 5.41) is 42.5. The van der Waals surface area contributed by atoms with Crippen molar-refractivity contribution in [1.82, 2.24) is 0 Å². The van der Waals surface area contributed by atoms with E-state index in [0.717, 1.165) is 6.42 Å². The van der Waals surface area contributed by atoms with Crippen LogP contribution in [-0.2, 0) is 47.5 Å². The lowest BCUT2D eigenvalue weighted by Gasteiger charge is -2.54. The van der Waals surface area contributed by atoms with Crippen molar-refractivity contribution in [1.29, 1.82) is 0 Å². The van der Waals surface area contributed by atoms with Crippen LogP contribution in [0.15, 0.2) is 11.6 Å². The number of Topliss-reactive ketones (excluding diaryl/α,β-unsaturated/α-hetero) is 1. The third kappa shape index (κ3) is 9.71. The zero-order valence-corrected chi connectivity index (χ0v) is 38.8. The second kappa shape index (κ2) is 18.7. The first-order chi connectivity index (χ1) is 28.5. The Morgan fingerprint density at radius 1 is 0.902 bits per heavy atom. The Bertz CT molecular complexity index is 1570. The fraction of sp³-hybridized carbons (Fsp3) is 0.915. The molecule has 21 atom stereocenters. The van der Waals surface area contributed by atoms with Crippen molar-refractivity contribution < 1.29 is 67.9 Å². The molecule has 0 aliphatic carbocycles. The van der Waals surface area contributed by atoms with Crippen LogP contribution in [0.25, 0.3) is 0 Å². The number of ether oxygens (including phenoxy) is 8. The molecule has 6 rings (SSSR count). The minimum absolute atomic E-state index is 0.0130. The minimum Gasteiger partial charge on any atom is -0.481 e. The van der Waals surface area contributed by atoms with E-state index in [0.29, 0.717) is 44.1 Å². The molecule has 0 bridgehead atoms. The Balaban J connectivity index is 1.24. The van der Waals surface area contributed by atoms with Gasteiger partial charge in [0.2, 0.25) is 0 Å². The molecule has 6 saturated heterocycles. The Morgan fingerprint density at radius 2 is 1.61 bits per heavy atom. The van der Waals surface area contributed by atoms with Gasteiger partial charge in [-0.15, -0.1) is 0 Å². The number of hydrogen-bond acceptors (Lipinski definition) is 13. The number of carboxylic acid groups (broad SMARTS) is 1. The maximum atomic E-state index is 13.4. The van der Waals surface area contributed by atoms with Gasteiger partial charge in [0.25, 0.3) is 0 Å². The molecule has 6 heterocycles. The van der Waals surface area contributed by atoms with Gasteiger partial charge in [0.15, 0.2) is 29.4 Å². The van der Waals surface area contributed by atoms with Crippen LogP contribution in [0.5, 0.6) is 0 Å². The van der Waals surface area contributed by atoms with Gasteiger partial charge in [0.1, 0.15) is 0 Å². The molecule has 0 radical (unpaired) electrons. The van der Waals surface area contributed by atoms with Gasteiger partial charge in [-0.25, -0.2) is 0 Å². The van der Waals surface area contributed by atoms with Crippen LogP contribution in [0.4, 0.5) is 0 Å². The number of aliphatic hydroxyl groups excluding tert-OH is 2. The molecule has 0 amide bonds. The number of carboxylic acids is 1. The van der Waals surface area contributed by atoms with Crippen molar-refractivity contribution in [3.63, 3.8) is 0 Å². The standard InChI is InChI=1S/C47H78O14/c1-24(40(50)25(2)18-28(5)43(51)52)17-26(3)41-31(8)34(49)22-45(59-41)16-15-44(11,61-45)38-21-36(56-39-14-13-35(54-12)33(10)55-39)32(9)47(58-38)30(7)20-37(57-47)42-27(4)19-29(6)46(53,23-48)60-42/h17,25-39,41-42,48-49,53H,13-16,18-23H2,1-12H3,(H,51,52)/t25-,26+,27+,28+,29-,30+,31-,32-,33-,34+,35+,36+,37-,38-,39?,41-,42+,44+,45-,46+,47+/m1/s1. The topological polar surface area (TPSA) is 189 Å². The molecule has 0 saturated carbocycles. The molecule has 2 spiro atoms. The number of aliphatic carboxylic acids is 1. The number of hydrogen-bond donors (Lipinski definition) is 4. The van der Waals surface area contributed by atoms with Gasteiger partial charge in [-0.1, -0.05) is 61.5 Å². The predicted octanol–water partition coefficient (Wildman–Crippen LogP) is 6.15. The quantitative estimate of drug-likeness (QED) is 0.154. The molecule has 0 aromatic carbocycles. The van der Waals surface area contributed by atoms with Crippen molar-refractivity contribution >= 4 is 11.8 Å². The number of aliphatic hydroxyl groups is 3. The maximum Gasteiger partial charge on any atom is 0.306 e. The normalized spacial score (nSPS) is 48.6. The Morgan fingerprint density at radius 3 is 2.25 bits per heavy atom. The van der Waals surface area contributed by atoms with Gasteiger partial charge >= 0.3 is 5.97 Å². The van der Waals surface area contributed by atoms with E-state index in [9.17, 15) is 30.0 Å². The zero-order valence-electron chi connectivity index (χ0n) is 38.8. The van der Waals surface area contributed by atoms with Crippen molar-refractivity contribution in [2.45, 2.75) is 212 Å². The maximum absolute atomic E-state index is 13.4. The number of carbonyl (C=O) groups is 2. The molecule has 350 valence electrons. The van der Waals surface area contributed by atoms with Crippen LogP contribution in [-0.4, -0.2) is 124 Å². The van der Waals surface area contributed by atoms with E-state index in [4.69, 9.17) is 37.9 Å². The highest BCUT2D eigenvalue weighted by atomic mass is 16.8. The summed E-state index contributed by atoms with van der Waals surface area (Å²) in [6.07, 6.45) is 3.25. The van der Waals surface area contributed by atoms with Crippen LogP contribution in [0.2, 0.25) is 0 Å². The summed E-state index contributed by atoms with van der Waals surface area (Å²) in [7, 11) is 1.70. The first-order valence-corrected chi connectivity index (χ1v) is 23.2. The van der Waals surface area contributed by atoms with E-state index in [-0.39, 0.29) is 72.4 Å². The van der Waals surface area contributed by atoms with E-state index in [2.05, 4.69) is 27.7 Å². The molecule has 6 aliphatic heterocycles. The summed E-state index contributed by atoms with van der Waals surface area (Å²) < 4.78 is 53.9. The fourth-order valence-electron chi connectivity index (χ4n) is 11.8. The lowest BCUT2D eigenvalue weighted by atomic mass is 9.76. The average molecular weight is 867 g/mol. The molecule has 61 heavy (non-hydrogen) atoms. The minimum atomic E-state index is -1.66. The van der Waals surface area contributed by atoms with Gasteiger partial charge in [-0.3, -0.25) is 9.59 Å². The van der Waals surface area contributed by atoms with E-state index in [1.165, 1.54) is 0 Å². The molecule has 0 aromatic heterocycles. The Kier molecular flexibility index (Phi) is 15.0. The molecule has 4 N–H and O–H groups in total. The van der Waals surface area contributed by atoms with Gasteiger partial charge in [0, 0.05) is 68.3 Å². The van der Waals surface area contributed by atoms with Crippen LogP contribution in [0, 0.1) is 47.3 Å². The monoisotopic (exact) mass is 867 g/mol. The smallest absolute Gasteiger partial charge is 0.306 e. The number of methoxy groups -OCH3 is 1. The number of rotatable bonds is 13. The summed E-state index contributed by atoms with van der Waals surface area (Å²) in [5.41, 5.74) is -0.326. The number of carbonyl (C=O) groups excluding carboxylic acids is 1. The van der Waals surface area contributed by atoms with Crippen LogP contribution in [0.3, 0.4) is 0 Å². The first kappa shape index (κ1) is 48.9. The van der Waals surface area contributed by atoms with E-state index >= 15 is 0 Å². The number of allylic oxidation sites excluding steroid dienone is 1. The highest BCUT2D eigenvalue weighted by Gasteiger charge is 2.65. The lowest BCUT2D eigenvalue weighted by molar-refractivity contribution is -0.390. The third-order valence-corrected chi connectivity index (χ3v) is 15.9. The molecule has 0 aromatic rings.